The third-order valence-corrected chi connectivity index (χ3v) is 3.91. The molecule has 13 heavy (non-hydrogen) atoms. The summed E-state index contributed by atoms with van der Waals surface area (Å²) < 4.78 is 0. The molecule has 76 valence electrons. The number of thioether (sulfide) groups is 1. The molecule has 0 spiro atoms. The smallest absolute Gasteiger partial charge is 0.197 e. The Kier molecular flexibility index (Phi) is 3.80. The van der Waals surface area contributed by atoms with Crippen LogP contribution >= 0.6 is 11.8 Å². The highest BCUT2D eigenvalue weighted by molar-refractivity contribution is 8.13. The van der Waals surface area contributed by atoms with E-state index < -0.39 is 11.5 Å². The average molecular weight is 202 g/mol. The van der Waals surface area contributed by atoms with Crippen LogP contribution in [0.1, 0.15) is 39.0 Å². The summed E-state index contributed by atoms with van der Waals surface area (Å²) in [6.45, 7) is 1.75. The van der Waals surface area contributed by atoms with E-state index in [1.807, 2.05) is 0 Å². The molecule has 0 radical (unpaired) electrons. The molecule has 1 N–H and O–H groups in total. The fourth-order valence-corrected chi connectivity index (χ4v) is 2.96. The Morgan fingerprint density at radius 3 is 2.31 bits per heavy atom. The van der Waals surface area contributed by atoms with E-state index in [2.05, 4.69) is 0 Å². The second-order valence-electron chi connectivity index (χ2n) is 3.88. The second kappa shape index (κ2) is 4.47. The van der Waals surface area contributed by atoms with Gasteiger partial charge in [-0.1, -0.05) is 31.0 Å². The highest BCUT2D eigenvalue weighted by atomic mass is 32.2. The monoisotopic (exact) mass is 202 g/mol. The largest absolute Gasteiger partial charge is 0.392 e. The van der Waals surface area contributed by atoms with Crippen molar-refractivity contribution in [2.24, 2.45) is 5.41 Å². The molecule has 0 amide bonds. The normalized spacial score (nSPS) is 23.9. The molecule has 0 aliphatic heterocycles. The van der Waals surface area contributed by atoms with Crippen LogP contribution in [-0.2, 0) is 4.79 Å². The number of aliphatic hydroxyl groups is 1. The fourth-order valence-electron chi connectivity index (χ4n) is 2.18. The van der Waals surface area contributed by atoms with E-state index in [-0.39, 0.29) is 5.12 Å². The number of hydrogen-bond acceptors (Lipinski definition) is 3. The van der Waals surface area contributed by atoms with E-state index in [0.29, 0.717) is 0 Å². The summed E-state index contributed by atoms with van der Waals surface area (Å²) in [5, 5.41) is 9.86. The minimum atomic E-state index is -0.493. The number of carbonyl (C=O) groups is 1. The maximum atomic E-state index is 11.7. The molecule has 0 aromatic carbocycles. The molecule has 1 unspecified atom stereocenters. The summed E-state index contributed by atoms with van der Waals surface area (Å²) >= 11 is 1.26. The Morgan fingerprint density at radius 1 is 1.38 bits per heavy atom. The molecule has 0 bridgehead atoms. The Labute approximate surface area is 84.1 Å². The second-order valence-corrected chi connectivity index (χ2v) is 4.66. The van der Waals surface area contributed by atoms with Crippen molar-refractivity contribution in [2.45, 2.75) is 45.1 Å². The van der Waals surface area contributed by atoms with Crippen LogP contribution in [0, 0.1) is 5.41 Å². The summed E-state index contributed by atoms with van der Waals surface area (Å²) in [5.74, 6) is 0. The maximum absolute atomic E-state index is 11.7. The summed E-state index contributed by atoms with van der Waals surface area (Å²) in [6, 6.07) is 0. The molecular weight excluding hydrogens is 184 g/mol. The van der Waals surface area contributed by atoms with Crippen molar-refractivity contribution in [2.75, 3.05) is 6.26 Å². The molecule has 1 saturated carbocycles. The minimum Gasteiger partial charge on any atom is -0.392 e. The fraction of sp³-hybridized carbons (Fsp3) is 0.900. The van der Waals surface area contributed by atoms with Gasteiger partial charge < -0.3 is 5.11 Å². The molecule has 1 rings (SSSR count). The highest BCUT2D eigenvalue weighted by Gasteiger charge is 2.42. The molecule has 0 aromatic rings. The molecule has 1 atom stereocenters. The molecule has 1 fully saturated rings. The Morgan fingerprint density at radius 2 is 1.92 bits per heavy atom. The van der Waals surface area contributed by atoms with Crippen molar-refractivity contribution in [3.63, 3.8) is 0 Å². The van der Waals surface area contributed by atoms with Crippen LogP contribution in [0.5, 0.6) is 0 Å². The van der Waals surface area contributed by atoms with Gasteiger partial charge in [-0.25, -0.2) is 0 Å². The number of rotatable bonds is 2. The number of hydrogen-bond donors (Lipinski definition) is 1. The first-order valence-corrected chi connectivity index (χ1v) is 6.12. The van der Waals surface area contributed by atoms with Crippen LogP contribution in [0.3, 0.4) is 0 Å². The van der Waals surface area contributed by atoms with Crippen molar-refractivity contribution in [3.05, 3.63) is 0 Å². The zero-order valence-electron chi connectivity index (χ0n) is 8.38. The van der Waals surface area contributed by atoms with Gasteiger partial charge in [-0.2, -0.15) is 0 Å². The average Bonchev–Trinajstić information content (AvgIpc) is 2.17. The van der Waals surface area contributed by atoms with Gasteiger partial charge in [0.15, 0.2) is 5.12 Å². The topological polar surface area (TPSA) is 37.3 Å². The lowest BCUT2D eigenvalue weighted by Gasteiger charge is -2.37. The zero-order valence-corrected chi connectivity index (χ0v) is 9.19. The van der Waals surface area contributed by atoms with Gasteiger partial charge in [-0.05, 0) is 26.0 Å². The SMILES string of the molecule is CSC(=O)C1(C(C)O)CCCCC1. The summed E-state index contributed by atoms with van der Waals surface area (Å²) in [7, 11) is 0. The lowest BCUT2D eigenvalue weighted by Crippen LogP contribution is -2.41. The van der Waals surface area contributed by atoms with Crippen molar-refractivity contribution < 1.29 is 9.90 Å². The summed E-state index contributed by atoms with van der Waals surface area (Å²) in [6.07, 6.45) is 6.41. The van der Waals surface area contributed by atoms with E-state index in [1.54, 1.807) is 13.2 Å². The molecular formula is C10H18O2S. The molecule has 0 heterocycles. The third kappa shape index (κ3) is 2.08. The van der Waals surface area contributed by atoms with Crippen molar-refractivity contribution in [1.82, 2.24) is 0 Å². The number of aliphatic hydroxyl groups excluding tert-OH is 1. The Hall–Kier alpha value is -0.0200. The summed E-state index contributed by atoms with van der Waals surface area (Å²) in [5.41, 5.74) is -0.433. The molecule has 2 nitrogen and oxygen atoms in total. The first kappa shape index (κ1) is 11.1. The lowest BCUT2D eigenvalue weighted by molar-refractivity contribution is -0.128. The molecule has 0 aromatic heterocycles. The van der Waals surface area contributed by atoms with Gasteiger partial charge in [0.2, 0.25) is 0 Å². The van der Waals surface area contributed by atoms with Gasteiger partial charge in [0.05, 0.1) is 11.5 Å². The standard InChI is InChI=1S/C10H18O2S/c1-8(11)10(9(12)13-2)6-4-3-5-7-10/h8,11H,3-7H2,1-2H3. The van der Waals surface area contributed by atoms with E-state index in [1.165, 1.54) is 18.2 Å². The van der Waals surface area contributed by atoms with Gasteiger partial charge in [0, 0.05) is 0 Å². The Bertz CT molecular complexity index is 183. The van der Waals surface area contributed by atoms with Crippen molar-refractivity contribution in [3.8, 4) is 0 Å². The first-order valence-electron chi connectivity index (χ1n) is 4.90. The van der Waals surface area contributed by atoms with Gasteiger partial charge in [0.25, 0.3) is 0 Å². The van der Waals surface area contributed by atoms with Crippen LogP contribution in [-0.4, -0.2) is 22.6 Å². The molecule has 1 aliphatic rings. The van der Waals surface area contributed by atoms with Crippen LogP contribution in [0.15, 0.2) is 0 Å². The van der Waals surface area contributed by atoms with Gasteiger partial charge in [-0.3, -0.25) is 4.79 Å². The van der Waals surface area contributed by atoms with E-state index in [0.717, 1.165) is 25.7 Å². The van der Waals surface area contributed by atoms with E-state index in [4.69, 9.17) is 0 Å². The predicted molar refractivity (Wildman–Crippen MR) is 55.7 cm³/mol. The van der Waals surface area contributed by atoms with Crippen molar-refractivity contribution in [1.29, 1.82) is 0 Å². The highest BCUT2D eigenvalue weighted by Crippen LogP contribution is 2.42. The van der Waals surface area contributed by atoms with Crippen LogP contribution in [0.25, 0.3) is 0 Å². The number of carbonyl (C=O) groups excluding carboxylic acids is 1. The zero-order chi connectivity index (χ0) is 9.90. The molecule has 3 heteroatoms. The minimum absolute atomic E-state index is 0.169. The van der Waals surface area contributed by atoms with Crippen molar-refractivity contribution >= 4 is 16.9 Å². The van der Waals surface area contributed by atoms with E-state index >= 15 is 0 Å². The summed E-state index contributed by atoms with van der Waals surface area (Å²) in [4.78, 5) is 11.7. The van der Waals surface area contributed by atoms with Crippen LogP contribution in [0.2, 0.25) is 0 Å². The van der Waals surface area contributed by atoms with Crippen LogP contribution < -0.4 is 0 Å². The quantitative estimate of drug-likeness (QED) is 0.746. The third-order valence-electron chi connectivity index (χ3n) is 3.14. The lowest BCUT2D eigenvalue weighted by atomic mass is 9.71. The first-order chi connectivity index (χ1) is 6.13. The van der Waals surface area contributed by atoms with Gasteiger partial charge in [-0.15, -0.1) is 0 Å². The van der Waals surface area contributed by atoms with Crippen LogP contribution in [0.4, 0.5) is 0 Å². The molecule has 1 aliphatic carbocycles. The van der Waals surface area contributed by atoms with E-state index in [9.17, 15) is 9.90 Å². The molecule has 0 saturated heterocycles. The maximum Gasteiger partial charge on any atom is 0.197 e. The Balaban J connectivity index is 2.79. The predicted octanol–water partition coefficient (Wildman–Crippen LogP) is 2.21. The van der Waals surface area contributed by atoms with Gasteiger partial charge in [0.1, 0.15) is 0 Å². The van der Waals surface area contributed by atoms with Gasteiger partial charge >= 0.3 is 0 Å².